The molecule has 2 aromatic rings. The quantitative estimate of drug-likeness (QED) is 0.833. The van der Waals surface area contributed by atoms with Gasteiger partial charge in [0.1, 0.15) is 13.2 Å². The average Bonchev–Trinajstić information content (AvgIpc) is 3.11. The molecule has 132 valence electrons. The van der Waals surface area contributed by atoms with Crippen molar-refractivity contribution in [3.05, 3.63) is 42.1 Å². The number of rotatable bonds is 5. The molecule has 1 aromatic heterocycles. The number of hydrogen-bond acceptors (Lipinski definition) is 6. The van der Waals surface area contributed by atoms with Crippen LogP contribution in [0.2, 0.25) is 0 Å². The van der Waals surface area contributed by atoms with Crippen molar-refractivity contribution >= 4 is 5.82 Å². The Hall–Kier alpha value is -2.34. The molecule has 0 saturated carbocycles. The highest BCUT2D eigenvalue weighted by Gasteiger charge is 2.27. The lowest BCUT2D eigenvalue weighted by molar-refractivity contribution is 0.167. The molecule has 6 nitrogen and oxygen atoms in total. The van der Waals surface area contributed by atoms with Gasteiger partial charge in [-0.15, -0.1) is 5.10 Å². The van der Waals surface area contributed by atoms with E-state index in [2.05, 4.69) is 33.1 Å². The number of hydrogen-bond donors (Lipinski definition) is 0. The second-order valence-electron chi connectivity index (χ2n) is 6.71. The summed E-state index contributed by atoms with van der Waals surface area (Å²) in [4.78, 5) is 4.73. The van der Waals surface area contributed by atoms with Crippen LogP contribution < -0.4 is 14.4 Å². The number of likely N-dealkylation sites (N-methyl/N-ethyl adjacent to an activating group) is 1. The van der Waals surface area contributed by atoms with Crippen molar-refractivity contribution in [1.82, 2.24) is 15.1 Å². The van der Waals surface area contributed by atoms with Crippen LogP contribution in [-0.2, 0) is 6.54 Å². The average molecular weight is 340 g/mol. The molecule has 1 atom stereocenters. The van der Waals surface area contributed by atoms with Gasteiger partial charge in [0.15, 0.2) is 17.3 Å². The third kappa shape index (κ3) is 3.54. The van der Waals surface area contributed by atoms with Gasteiger partial charge in [-0.2, -0.15) is 5.10 Å². The normalized spacial score (nSPS) is 19.4. The summed E-state index contributed by atoms with van der Waals surface area (Å²) < 4.78 is 11.5. The number of fused-ring (bicyclic) bond motifs is 1. The Kier molecular flexibility index (Phi) is 4.70. The van der Waals surface area contributed by atoms with E-state index in [4.69, 9.17) is 9.47 Å². The van der Waals surface area contributed by atoms with Crippen molar-refractivity contribution in [2.45, 2.75) is 25.4 Å². The lowest BCUT2D eigenvalue weighted by atomic mass is 10.1. The van der Waals surface area contributed by atoms with Crippen LogP contribution in [-0.4, -0.2) is 54.5 Å². The van der Waals surface area contributed by atoms with Gasteiger partial charge in [-0.1, -0.05) is 12.1 Å². The predicted molar refractivity (Wildman–Crippen MR) is 96.2 cm³/mol. The molecular weight excluding hydrogens is 316 g/mol. The summed E-state index contributed by atoms with van der Waals surface area (Å²) in [7, 11) is 2.16. The molecule has 1 aromatic carbocycles. The Labute approximate surface area is 148 Å². The lowest BCUT2D eigenvalue weighted by Crippen LogP contribution is -2.39. The van der Waals surface area contributed by atoms with Crippen molar-refractivity contribution in [3.63, 3.8) is 0 Å². The third-order valence-electron chi connectivity index (χ3n) is 4.84. The first-order valence-corrected chi connectivity index (χ1v) is 8.91. The molecule has 1 saturated heterocycles. The van der Waals surface area contributed by atoms with Crippen LogP contribution in [0.25, 0.3) is 0 Å². The number of para-hydroxylation sites is 1. The highest BCUT2D eigenvalue weighted by Crippen LogP contribution is 2.34. The van der Waals surface area contributed by atoms with E-state index >= 15 is 0 Å². The highest BCUT2D eigenvalue weighted by atomic mass is 16.6. The SMILES string of the molecule is CN(Cc1cccc2c1OCCO2)C[C@@H]1CCCN1c1cccnn1. The van der Waals surface area contributed by atoms with E-state index in [0.29, 0.717) is 19.3 Å². The molecular formula is C19H24N4O2. The van der Waals surface area contributed by atoms with E-state index in [-0.39, 0.29) is 0 Å². The van der Waals surface area contributed by atoms with Gasteiger partial charge in [0, 0.05) is 37.4 Å². The monoisotopic (exact) mass is 340 g/mol. The van der Waals surface area contributed by atoms with Crippen LogP contribution >= 0.6 is 0 Å². The fourth-order valence-electron chi connectivity index (χ4n) is 3.75. The molecule has 4 rings (SSSR count). The summed E-state index contributed by atoms with van der Waals surface area (Å²) in [6.45, 7) is 4.13. The van der Waals surface area contributed by atoms with Gasteiger partial charge < -0.3 is 14.4 Å². The second-order valence-corrected chi connectivity index (χ2v) is 6.71. The first-order chi connectivity index (χ1) is 12.3. The number of anilines is 1. The molecule has 25 heavy (non-hydrogen) atoms. The Morgan fingerprint density at radius 2 is 2.12 bits per heavy atom. The van der Waals surface area contributed by atoms with Gasteiger partial charge in [0.2, 0.25) is 0 Å². The summed E-state index contributed by atoms with van der Waals surface area (Å²) in [5.41, 5.74) is 1.18. The van der Waals surface area contributed by atoms with Crippen molar-refractivity contribution in [2.75, 3.05) is 38.3 Å². The largest absolute Gasteiger partial charge is 0.486 e. The van der Waals surface area contributed by atoms with Crippen LogP contribution in [0.4, 0.5) is 5.82 Å². The van der Waals surface area contributed by atoms with Crippen LogP contribution in [0.1, 0.15) is 18.4 Å². The molecule has 0 amide bonds. The summed E-state index contributed by atoms with van der Waals surface area (Å²) in [5.74, 6) is 2.74. The Balaban J connectivity index is 1.43. The van der Waals surface area contributed by atoms with E-state index in [0.717, 1.165) is 37.0 Å². The van der Waals surface area contributed by atoms with Gasteiger partial charge in [-0.05, 0) is 38.1 Å². The molecule has 2 aliphatic heterocycles. The van der Waals surface area contributed by atoms with Crippen LogP contribution in [0.5, 0.6) is 11.5 Å². The van der Waals surface area contributed by atoms with Crippen molar-refractivity contribution < 1.29 is 9.47 Å². The standard InChI is InChI=1S/C19H24N4O2/c1-22(13-15-5-2-7-17-19(15)25-12-11-24-17)14-16-6-4-10-23(16)18-8-3-9-20-21-18/h2-3,5,7-9,16H,4,6,10-14H2,1H3/t16-/m0/s1. The first kappa shape index (κ1) is 16.1. The summed E-state index contributed by atoms with van der Waals surface area (Å²) in [6, 6.07) is 10.6. The molecule has 0 N–H and O–H groups in total. The molecule has 0 radical (unpaired) electrons. The minimum absolute atomic E-state index is 0.471. The number of ether oxygens (including phenoxy) is 2. The maximum absolute atomic E-state index is 5.84. The fraction of sp³-hybridized carbons (Fsp3) is 0.474. The minimum atomic E-state index is 0.471. The van der Waals surface area contributed by atoms with Gasteiger partial charge in [-0.25, -0.2) is 0 Å². The molecule has 0 spiro atoms. The number of nitrogens with zero attached hydrogens (tertiary/aromatic N) is 4. The molecule has 2 aliphatic rings. The van der Waals surface area contributed by atoms with Crippen molar-refractivity contribution in [3.8, 4) is 11.5 Å². The molecule has 3 heterocycles. The Morgan fingerprint density at radius 3 is 3.00 bits per heavy atom. The minimum Gasteiger partial charge on any atom is -0.486 e. The predicted octanol–water partition coefficient (Wildman–Crippen LogP) is 2.35. The summed E-state index contributed by atoms with van der Waals surface area (Å²) in [5, 5.41) is 8.30. The van der Waals surface area contributed by atoms with Gasteiger partial charge in [0.05, 0.1) is 0 Å². The zero-order valence-corrected chi connectivity index (χ0v) is 14.6. The van der Waals surface area contributed by atoms with E-state index in [1.54, 1.807) is 6.20 Å². The zero-order valence-electron chi connectivity index (χ0n) is 14.6. The van der Waals surface area contributed by atoms with Crippen molar-refractivity contribution in [1.29, 1.82) is 0 Å². The van der Waals surface area contributed by atoms with Gasteiger partial charge >= 0.3 is 0 Å². The van der Waals surface area contributed by atoms with Crippen molar-refractivity contribution in [2.24, 2.45) is 0 Å². The Bertz CT molecular complexity index is 710. The van der Waals surface area contributed by atoms with E-state index in [1.165, 1.54) is 18.4 Å². The van der Waals surface area contributed by atoms with E-state index in [1.807, 2.05) is 24.3 Å². The maximum Gasteiger partial charge on any atom is 0.165 e. The number of benzene rings is 1. The summed E-state index contributed by atoms with van der Waals surface area (Å²) >= 11 is 0. The maximum atomic E-state index is 5.84. The van der Waals surface area contributed by atoms with Crippen LogP contribution in [0, 0.1) is 0 Å². The zero-order chi connectivity index (χ0) is 17.1. The molecule has 0 aliphatic carbocycles. The van der Waals surface area contributed by atoms with Crippen LogP contribution in [0.15, 0.2) is 36.5 Å². The van der Waals surface area contributed by atoms with Gasteiger partial charge in [0.25, 0.3) is 0 Å². The molecule has 0 bridgehead atoms. The fourth-order valence-corrected chi connectivity index (χ4v) is 3.75. The third-order valence-corrected chi connectivity index (χ3v) is 4.84. The van der Waals surface area contributed by atoms with Crippen LogP contribution in [0.3, 0.4) is 0 Å². The highest BCUT2D eigenvalue weighted by molar-refractivity contribution is 5.47. The van der Waals surface area contributed by atoms with Gasteiger partial charge in [-0.3, -0.25) is 4.90 Å². The topological polar surface area (TPSA) is 50.7 Å². The molecule has 6 heteroatoms. The van der Waals surface area contributed by atoms with E-state index in [9.17, 15) is 0 Å². The first-order valence-electron chi connectivity index (χ1n) is 8.91. The summed E-state index contributed by atoms with van der Waals surface area (Å²) in [6.07, 6.45) is 4.11. The molecule has 1 fully saturated rings. The number of aromatic nitrogens is 2. The lowest BCUT2D eigenvalue weighted by Gasteiger charge is -2.30. The molecule has 0 unspecified atom stereocenters. The van der Waals surface area contributed by atoms with E-state index < -0.39 is 0 Å². The Morgan fingerprint density at radius 1 is 1.20 bits per heavy atom. The smallest absolute Gasteiger partial charge is 0.165 e. The second kappa shape index (κ2) is 7.27.